The number of hydrogen-bond donors (Lipinski definition) is 2. The molecule has 1 rings (SSSR count). The Labute approximate surface area is 95.7 Å². The molecule has 0 aliphatic heterocycles. The molecule has 0 saturated heterocycles. The molecule has 5 nitrogen and oxygen atoms in total. The summed E-state index contributed by atoms with van der Waals surface area (Å²) >= 11 is 0. The van der Waals surface area contributed by atoms with Crippen LogP contribution in [0.5, 0.6) is 0 Å². The quantitative estimate of drug-likeness (QED) is 0.733. The van der Waals surface area contributed by atoms with Gasteiger partial charge in [-0.2, -0.15) is 0 Å². The Bertz CT molecular complexity index is 352. The summed E-state index contributed by atoms with van der Waals surface area (Å²) in [5.41, 5.74) is 1.01. The minimum atomic E-state index is -0.0290. The molecule has 0 bridgehead atoms. The molecule has 1 heterocycles. The zero-order valence-corrected chi connectivity index (χ0v) is 9.95. The maximum absolute atomic E-state index is 10.6. The molecule has 0 saturated carbocycles. The minimum Gasteiger partial charge on any atom is -0.355 e. The Kier molecular flexibility index (Phi) is 4.69. The first kappa shape index (κ1) is 12.4. The van der Waals surface area contributed by atoms with Crippen LogP contribution in [0.3, 0.4) is 0 Å². The lowest BCUT2D eigenvalue weighted by Crippen LogP contribution is -2.26. The molecule has 1 aromatic heterocycles. The van der Waals surface area contributed by atoms with Gasteiger partial charge in [0, 0.05) is 31.9 Å². The monoisotopic (exact) mass is 222 g/mol. The number of amides is 1. The lowest BCUT2D eigenvalue weighted by molar-refractivity contribution is -0.118. The fourth-order valence-electron chi connectivity index (χ4n) is 1.19. The molecule has 16 heavy (non-hydrogen) atoms. The number of rotatable bonds is 5. The standard InChI is InChI=1S/C11H18N4O/c1-8(2)10-4-5-13-11(15-10)14-7-6-12-9(3)16/h4-5,8H,6-7H2,1-3H3,(H,12,16)(H,13,14,15). The van der Waals surface area contributed by atoms with E-state index in [4.69, 9.17) is 0 Å². The maximum Gasteiger partial charge on any atom is 0.222 e. The summed E-state index contributed by atoms with van der Waals surface area (Å²) in [6, 6.07) is 1.91. The number of carbonyl (C=O) groups excluding carboxylic acids is 1. The van der Waals surface area contributed by atoms with Crippen molar-refractivity contribution in [3.8, 4) is 0 Å². The third-order valence-electron chi connectivity index (χ3n) is 2.05. The van der Waals surface area contributed by atoms with Crippen LogP contribution in [0.2, 0.25) is 0 Å². The molecule has 0 radical (unpaired) electrons. The summed E-state index contributed by atoms with van der Waals surface area (Å²) < 4.78 is 0. The lowest BCUT2D eigenvalue weighted by Gasteiger charge is -2.08. The van der Waals surface area contributed by atoms with E-state index in [1.165, 1.54) is 6.92 Å². The highest BCUT2D eigenvalue weighted by Crippen LogP contribution is 2.11. The zero-order valence-electron chi connectivity index (χ0n) is 9.95. The molecule has 0 atom stereocenters. The second-order valence-corrected chi connectivity index (χ2v) is 3.87. The third-order valence-corrected chi connectivity index (χ3v) is 2.05. The van der Waals surface area contributed by atoms with Crippen molar-refractivity contribution in [1.82, 2.24) is 15.3 Å². The molecule has 1 aromatic rings. The van der Waals surface area contributed by atoms with Crippen molar-refractivity contribution in [1.29, 1.82) is 0 Å². The highest BCUT2D eigenvalue weighted by Gasteiger charge is 2.02. The Balaban J connectivity index is 2.42. The van der Waals surface area contributed by atoms with Crippen molar-refractivity contribution in [2.24, 2.45) is 0 Å². The molecular formula is C11H18N4O. The average molecular weight is 222 g/mol. The molecule has 2 N–H and O–H groups in total. The van der Waals surface area contributed by atoms with E-state index in [0.29, 0.717) is 25.0 Å². The van der Waals surface area contributed by atoms with Gasteiger partial charge in [-0.25, -0.2) is 9.97 Å². The van der Waals surface area contributed by atoms with E-state index in [9.17, 15) is 4.79 Å². The van der Waals surface area contributed by atoms with Gasteiger partial charge in [-0.3, -0.25) is 4.79 Å². The molecule has 0 fully saturated rings. The fourth-order valence-corrected chi connectivity index (χ4v) is 1.19. The number of nitrogens with one attached hydrogen (secondary N) is 2. The van der Waals surface area contributed by atoms with E-state index in [1.54, 1.807) is 6.20 Å². The van der Waals surface area contributed by atoms with Crippen LogP contribution < -0.4 is 10.6 Å². The molecule has 0 aliphatic rings. The SMILES string of the molecule is CC(=O)NCCNc1nccc(C(C)C)n1. The molecule has 0 unspecified atom stereocenters. The van der Waals surface area contributed by atoms with Gasteiger partial charge in [-0.15, -0.1) is 0 Å². The summed E-state index contributed by atoms with van der Waals surface area (Å²) in [5, 5.41) is 5.75. The van der Waals surface area contributed by atoms with Crippen molar-refractivity contribution >= 4 is 11.9 Å². The Morgan fingerprint density at radius 2 is 2.19 bits per heavy atom. The molecule has 88 valence electrons. The summed E-state index contributed by atoms with van der Waals surface area (Å²) in [4.78, 5) is 19.1. The maximum atomic E-state index is 10.6. The van der Waals surface area contributed by atoms with Gasteiger partial charge < -0.3 is 10.6 Å². The molecule has 0 aromatic carbocycles. The number of nitrogens with zero attached hydrogens (tertiary/aromatic N) is 2. The van der Waals surface area contributed by atoms with Gasteiger partial charge in [0.2, 0.25) is 11.9 Å². The predicted octanol–water partition coefficient (Wildman–Crippen LogP) is 1.15. The highest BCUT2D eigenvalue weighted by atomic mass is 16.1. The smallest absolute Gasteiger partial charge is 0.222 e. The van der Waals surface area contributed by atoms with Crippen LogP contribution in [0.25, 0.3) is 0 Å². The van der Waals surface area contributed by atoms with E-state index in [0.717, 1.165) is 5.69 Å². The van der Waals surface area contributed by atoms with Crippen molar-refractivity contribution in [3.05, 3.63) is 18.0 Å². The predicted molar refractivity (Wildman–Crippen MR) is 63.3 cm³/mol. The van der Waals surface area contributed by atoms with Crippen LogP contribution in [-0.2, 0) is 4.79 Å². The van der Waals surface area contributed by atoms with E-state index in [2.05, 4.69) is 34.4 Å². The number of aromatic nitrogens is 2. The summed E-state index contributed by atoms with van der Waals surface area (Å²) in [6.45, 7) is 6.87. The topological polar surface area (TPSA) is 66.9 Å². The van der Waals surface area contributed by atoms with Gasteiger partial charge in [0.05, 0.1) is 0 Å². The first-order valence-electron chi connectivity index (χ1n) is 5.41. The first-order chi connectivity index (χ1) is 7.59. The van der Waals surface area contributed by atoms with Gasteiger partial charge in [-0.1, -0.05) is 13.8 Å². The van der Waals surface area contributed by atoms with Crippen LogP contribution in [0.4, 0.5) is 5.95 Å². The lowest BCUT2D eigenvalue weighted by atomic mass is 10.1. The number of hydrogen-bond acceptors (Lipinski definition) is 4. The number of anilines is 1. The number of carbonyl (C=O) groups is 1. The van der Waals surface area contributed by atoms with Gasteiger partial charge in [0.25, 0.3) is 0 Å². The summed E-state index contributed by atoms with van der Waals surface area (Å²) in [7, 11) is 0. The normalized spacial score (nSPS) is 10.2. The van der Waals surface area contributed by atoms with Crippen LogP contribution in [0.15, 0.2) is 12.3 Å². The second kappa shape index (κ2) is 6.05. The summed E-state index contributed by atoms with van der Waals surface area (Å²) in [6.07, 6.45) is 1.74. The van der Waals surface area contributed by atoms with Gasteiger partial charge in [-0.05, 0) is 12.0 Å². The van der Waals surface area contributed by atoms with E-state index in [1.807, 2.05) is 6.07 Å². The van der Waals surface area contributed by atoms with Crippen molar-refractivity contribution < 1.29 is 4.79 Å². The molecule has 0 aliphatic carbocycles. The van der Waals surface area contributed by atoms with Crippen molar-refractivity contribution in [3.63, 3.8) is 0 Å². The largest absolute Gasteiger partial charge is 0.355 e. The first-order valence-corrected chi connectivity index (χ1v) is 5.41. The zero-order chi connectivity index (χ0) is 12.0. The van der Waals surface area contributed by atoms with E-state index >= 15 is 0 Å². The van der Waals surface area contributed by atoms with Crippen LogP contribution >= 0.6 is 0 Å². The van der Waals surface area contributed by atoms with Crippen LogP contribution in [-0.4, -0.2) is 29.0 Å². The Hall–Kier alpha value is -1.65. The van der Waals surface area contributed by atoms with Crippen LogP contribution in [0.1, 0.15) is 32.4 Å². The van der Waals surface area contributed by atoms with Crippen LogP contribution in [0, 0.1) is 0 Å². The molecule has 0 spiro atoms. The van der Waals surface area contributed by atoms with E-state index < -0.39 is 0 Å². The Morgan fingerprint density at radius 1 is 1.44 bits per heavy atom. The molecular weight excluding hydrogens is 204 g/mol. The van der Waals surface area contributed by atoms with Crippen molar-refractivity contribution in [2.45, 2.75) is 26.7 Å². The van der Waals surface area contributed by atoms with Gasteiger partial charge >= 0.3 is 0 Å². The third kappa shape index (κ3) is 4.25. The highest BCUT2D eigenvalue weighted by molar-refractivity contribution is 5.72. The molecule has 5 heteroatoms. The van der Waals surface area contributed by atoms with Gasteiger partial charge in [0.1, 0.15) is 0 Å². The summed E-state index contributed by atoms with van der Waals surface area (Å²) in [5.74, 6) is 0.967. The fraction of sp³-hybridized carbons (Fsp3) is 0.545. The average Bonchev–Trinajstić information content (AvgIpc) is 2.24. The minimum absolute atomic E-state index is 0.0290. The van der Waals surface area contributed by atoms with Crippen molar-refractivity contribution in [2.75, 3.05) is 18.4 Å². The second-order valence-electron chi connectivity index (χ2n) is 3.87. The van der Waals surface area contributed by atoms with E-state index in [-0.39, 0.29) is 5.91 Å². The molecule has 1 amide bonds. The van der Waals surface area contributed by atoms with Gasteiger partial charge in [0.15, 0.2) is 0 Å². The Morgan fingerprint density at radius 3 is 2.81 bits per heavy atom.